The van der Waals surface area contributed by atoms with E-state index in [0.29, 0.717) is 0 Å². The Balaban J connectivity index is 1.53. The zero-order chi connectivity index (χ0) is 16.9. The molecule has 0 N–H and O–H groups in total. The molecule has 0 saturated heterocycles. The lowest BCUT2D eigenvalue weighted by molar-refractivity contribution is 0.878. The van der Waals surface area contributed by atoms with Crippen LogP contribution in [0.1, 0.15) is 22.4 Å². The highest BCUT2D eigenvalue weighted by atomic mass is 15.3. The molecule has 2 aromatic carbocycles. The predicted octanol–water partition coefficient (Wildman–Crippen LogP) is 4.45. The average Bonchev–Trinajstić information content (AvgIpc) is 3.18. The zero-order valence-corrected chi connectivity index (χ0v) is 13.9. The topological polar surface area (TPSA) is 30.7 Å². The van der Waals surface area contributed by atoms with E-state index in [1.165, 1.54) is 16.7 Å². The number of aromatic nitrogens is 3. The summed E-state index contributed by atoms with van der Waals surface area (Å²) in [5.74, 6) is 0. The van der Waals surface area contributed by atoms with Crippen LogP contribution in [0.25, 0.3) is 5.69 Å². The zero-order valence-electron chi connectivity index (χ0n) is 13.9. The largest absolute Gasteiger partial charge is 0.261 e. The van der Waals surface area contributed by atoms with Crippen LogP contribution in [0, 0.1) is 0 Å². The second-order valence-electron chi connectivity index (χ2n) is 6.12. The monoisotopic (exact) mass is 325 g/mol. The second-order valence-corrected chi connectivity index (χ2v) is 6.12. The number of nitrogens with zero attached hydrogens (tertiary/aromatic N) is 3. The molecule has 0 saturated carbocycles. The Morgan fingerprint density at radius 1 is 0.680 bits per heavy atom. The van der Waals surface area contributed by atoms with Gasteiger partial charge in [-0.05, 0) is 53.4 Å². The highest BCUT2D eigenvalue weighted by molar-refractivity contribution is 5.38. The SMILES string of the molecule is c1ccc(Cc2cccc(Cc3cccc(-n4cccn4)c3)c2)nc1. The minimum atomic E-state index is 0.863. The predicted molar refractivity (Wildman–Crippen MR) is 99.9 cm³/mol. The Labute approximate surface area is 147 Å². The summed E-state index contributed by atoms with van der Waals surface area (Å²) < 4.78 is 1.89. The molecule has 0 bridgehead atoms. The third-order valence-corrected chi connectivity index (χ3v) is 4.19. The van der Waals surface area contributed by atoms with Crippen LogP contribution in [0.15, 0.2) is 91.4 Å². The van der Waals surface area contributed by atoms with Crippen LogP contribution in [0.5, 0.6) is 0 Å². The Hall–Kier alpha value is -3.20. The number of hydrogen-bond donors (Lipinski definition) is 0. The number of hydrogen-bond acceptors (Lipinski definition) is 2. The summed E-state index contributed by atoms with van der Waals surface area (Å²) in [7, 11) is 0. The lowest BCUT2D eigenvalue weighted by Crippen LogP contribution is -1.97. The van der Waals surface area contributed by atoms with Crippen LogP contribution in [0.2, 0.25) is 0 Å². The molecular formula is C22H19N3. The minimum absolute atomic E-state index is 0.863. The molecule has 0 radical (unpaired) electrons. The molecule has 0 fully saturated rings. The Morgan fingerprint density at radius 3 is 2.24 bits per heavy atom. The first-order valence-electron chi connectivity index (χ1n) is 8.43. The van der Waals surface area contributed by atoms with Gasteiger partial charge in [0.15, 0.2) is 0 Å². The van der Waals surface area contributed by atoms with Gasteiger partial charge in [-0.25, -0.2) is 4.68 Å². The van der Waals surface area contributed by atoms with E-state index in [2.05, 4.69) is 64.7 Å². The van der Waals surface area contributed by atoms with Gasteiger partial charge in [0.2, 0.25) is 0 Å². The van der Waals surface area contributed by atoms with Gasteiger partial charge in [-0.2, -0.15) is 5.10 Å². The lowest BCUT2D eigenvalue weighted by atomic mass is 10.0. The summed E-state index contributed by atoms with van der Waals surface area (Å²) in [6, 6.07) is 25.3. The van der Waals surface area contributed by atoms with Gasteiger partial charge in [0.25, 0.3) is 0 Å². The molecule has 4 rings (SSSR count). The van der Waals surface area contributed by atoms with Gasteiger partial charge in [0.1, 0.15) is 0 Å². The fourth-order valence-electron chi connectivity index (χ4n) is 3.03. The Bertz CT molecular complexity index is 944. The maximum Gasteiger partial charge on any atom is 0.0648 e. The van der Waals surface area contributed by atoms with Crippen LogP contribution in [0.3, 0.4) is 0 Å². The summed E-state index contributed by atoms with van der Waals surface area (Å²) in [5.41, 5.74) is 6.07. The van der Waals surface area contributed by atoms with E-state index in [1.807, 2.05) is 35.3 Å². The molecule has 25 heavy (non-hydrogen) atoms. The maximum atomic E-state index is 4.42. The molecule has 0 spiro atoms. The van der Waals surface area contributed by atoms with Gasteiger partial charge < -0.3 is 0 Å². The highest BCUT2D eigenvalue weighted by Gasteiger charge is 2.03. The van der Waals surface area contributed by atoms with Gasteiger partial charge in [-0.15, -0.1) is 0 Å². The van der Waals surface area contributed by atoms with Gasteiger partial charge in [0, 0.05) is 30.7 Å². The first kappa shape index (κ1) is 15.3. The van der Waals surface area contributed by atoms with Crippen molar-refractivity contribution in [3.8, 4) is 5.69 Å². The third kappa shape index (κ3) is 3.83. The molecular weight excluding hydrogens is 306 g/mol. The third-order valence-electron chi connectivity index (χ3n) is 4.19. The van der Waals surface area contributed by atoms with E-state index in [0.717, 1.165) is 24.2 Å². The molecule has 4 aromatic rings. The maximum absolute atomic E-state index is 4.42. The first-order valence-corrected chi connectivity index (χ1v) is 8.43. The molecule has 122 valence electrons. The molecule has 0 aliphatic heterocycles. The molecule has 2 heterocycles. The van der Waals surface area contributed by atoms with E-state index in [-0.39, 0.29) is 0 Å². The van der Waals surface area contributed by atoms with Gasteiger partial charge >= 0.3 is 0 Å². The fraction of sp³-hybridized carbons (Fsp3) is 0.0909. The van der Waals surface area contributed by atoms with Crippen LogP contribution in [-0.2, 0) is 12.8 Å². The van der Waals surface area contributed by atoms with Gasteiger partial charge in [-0.3, -0.25) is 4.98 Å². The molecule has 0 unspecified atom stereocenters. The minimum Gasteiger partial charge on any atom is -0.261 e. The van der Waals surface area contributed by atoms with Crippen molar-refractivity contribution in [1.82, 2.24) is 14.8 Å². The summed E-state index contributed by atoms with van der Waals surface area (Å²) >= 11 is 0. The standard InChI is InChI=1S/C22H19N3/c1-2-11-23-21(9-1)16-19-7-3-6-18(14-19)15-20-8-4-10-22(17-20)25-13-5-12-24-25/h1-14,17H,15-16H2. The fourth-order valence-corrected chi connectivity index (χ4v) is 3.03. The summed E-state index contributed by atoms with van der Waals surface area (Å²) in [5, 5.41) is 4.31. The van der Waals surface area contributed by atoms with Crippen molar-refractivity contribution in [2.24, 2.45) is 0 Å². The Kier molecular flexibility index (Phi) is 4.38. The molecule has 0 aliphatic rings. The molecule has 0 amide bonds. The molecule has 0 atom stereocenters. The van der Waals surface area contributed by atoms with Crippen molar-refractivity contribution < 1.29 is 0 Å². The highest BCUT2D eigenvalue weighted by Crippen LogP contribution is 2.16. The van der Waals surface area contributed by atoms with E-state index in [4.69, 9.17) is 0 Å². The summed E-state index contributed by atoms with van der Waals surface area (Å²) in [4.78, 5) is 4.42. The van der Waals surface area contributed by atoms with E-state index in [9.17, 15) is 0 Å². The van der Waals surface area contributed by atoms with E-state index in [1.54, 1.807) is 6.20 Å². The van der Waals surface area contributed by atoms with Crippen LogP contribution in [0.4, 0.5) is 0 Å². The van der Waals surface area contributed by atoms with E-state index >= 15 is 0 Å². The normalized spacial score (nSPS) is 10.7. The lowest BCUT2D eigenvalue weighted by Gasteiger charge is -2.08. The second kappa shape index (κ2) is 7.14. The molecule has 3 heteroatoms. The number of pyridine rings is 1. The summed E-state index contributed by atoms with van der Waals surface area (Å²) in [6.07, 6.45) is 7.38. The van der Waals surface area contributed by atoms with Crippen molar-refractivity contribution in [2.45, 2.75) is 12.8 Å². The Morgan fingerprint density at radius 2 is 1.48 bits per heavy atom. The van der Waals surface area contributed by atoms with Crippen molar-refractivity contribution in [2.75, 3.05) is 0 Å². The number of benzene rings is 2. The average molecular weight is 325 g/mol. The van der Waals surface area contributed by atoms with Gasteiger partial charge in [0.05, 0.1) is 5.69 Å². The van der Waals surface area contributed by atoms with Crippen molar-refractivity contribution in [1.29, 1.82) is 0 Å². The number of rotatable bonds is 5. The summed E-state index contributed by atoms with van der Waals surface area (Å²) in [6.45, 7) is 0. The molecule has 2 aromatic heterocycles. The quantitative estimate of drug-likeness (QED) is 0.543. The van der Waals surface area contributed by atoms with Crippen LogP contribution >= 0.6 is 0 Å². The van der Waals surface area contributed by atoms with Crippen molar-refractivity contribution in [3.63, 3.8) is 0 Å². The smallest absolute Gasteiger partial charge is 0.0648 e. The van der Waals surface area contributed by atoms with Crippen LogP contribution < -0.4 is 0 Å². The molecule has 3 nitrogen and oxygen atoms in total. The molecule has 0 aliphatic carbocycles. The van der Waals surface area contributed by atoms with Crippen molar-refractivity contribution >= 4 is 0 Å². The van der Waals surface area contributed by atoms with E-state index < -0.39 is 0 Å². The van der Waals surface area contributed by atoms with Gasteiger partial charge in [-0.1, -0.05) is 42.5 Å². The van der Waals surface area contributed by atoms with Crippen molar-refractivity contribution in [3.05, 3.63) is 114 Å². The van der Waals surface area contributed by atoms with Crippen LogP contribution in [-0.4, -0.2) is 14.8 Å². The first-order chi connectivity index (χ1) is 12.4.